The van der Waals surface area contributed by atoms with Crippen molar-refractivity contribution in [3.05, 3.63) is 35.6 Å². The number of hydrogen-bond acceptors (Lipinski definition) is 2. The van der Waals surface area contributed by atoms with Gasteiger partial charge in [-0.25, -0.2) is 4.39 Å². The fourth-order valence-electron chi connectivity index (χ4n) is 1.76. The highest BCUT2D eigenvalue weighted by Gasteiger charge is 2.32. The molecule has 1 amide bonds. The average Bonchev–Trinajstić information content (AvgIpc) is 2.37. The van der Waals surface area contributed by atoms with Crippen LogP contribution in [0.25, 0.3) is 0 Å². The second-order valence-electron chi connectivity index (χ2n) is 5.60. The number of carbonyl (C=O) groups excluding carboxylic acids is 1. The van der Waals surface area contributed by atoms with Crippen LogP contribution in [0, 0.1) is 11.2 Å². The summed E-state index contributed by atoms with van der Waals surface area (Å²) in [5, 5.41) is 9.05. The molecule has 4 nitrogen and oxygen atoms in total. The Bertz CT molecular complexity index is 496. The molecule has 1 rings (SSSR count). The van der Waals surface area contributed by atoms with Gasteiger partial charge in [-0.1, -0.05) is 12.1 Å². The van der Waals surface area contributed by atoms with Crippen molar-refractivity contribution in [3.8, 4) is 0 Å². The Morgan fingerprint density at radius 2 is 1.80 bits per heavy atom. The minimum absolute atomic E-state index is 0.0790. The minimum Gasteiger partial charge on any atom is -0.481 e. The number of benzene rings is 1. The predicted octanol–water partition coefficient (Wildman–Crippen LogP) is 2.85. The summed E-state index contributed by atoms with van der Waals surface area (Å²) in [5.74, 6) is -1.59. The van der Waals surface area contributed by atoms with Crippen molar-refractivity contribution in [2.75, 3.05) is 7.05 Å². The zero-order valence-electron chi connectivity index (χ0n) is 12.2. The summed E-state index contributed by atoms with van der Waals surface area (Å²) in [6, 6.07) is 5.67. The van der Waals surface area contributed by atoms with Crippen molar-refractivity contribution in [2.45, 2.75) is 33.2 Å². The number of amides is 1. The summed E-state index contributed by atoms with van der Waals surface area (Å²) in [7, 11) is 1.62. The molecule has 20 heavy (non-hydrogen) atoms. The second-order valence-corrected chi connectivity index (χ2v) is 5.60. The van der Waals surface area contributed by atoms with Crippen molar-refractivity contribution in [1.29, 1.82) is 0 Å². The molecule has 5 heteroatoms. The lowest BCUT2D eigenvalue weighted by Gasteiger charge is -2.28. The molecule has 1 N–H and O–H groups in total. The number of carboxylic acid groups (broad SMARTS) is 1. The van der Waals surface area contributed by atoms with Gasteiger partial charge in [-0.2, -0.15) is 0 Å². The van der Waals surface area contributed by atoms with Crippen molar-refractivity contribution in [2.24, 2.45) is 5.41 Å². The third kappa shape index (κ3) is 3.79. The van der Waals surface area contributed by atoms with Gasteiger partial charge in [0.15, 0.2) is 0 Å². The molecule has 1 atom stereocenters. The van der Waals surface area contributed by atoms with E-state index in [2.05, 4.69) is 0 Å². The van der Waals surface area contributed by atoms with Gasteiger partial charge in [-0.05, 0) is 38.5 Å². The zero-order chi connectivity index (χ0) is 15.5. The smallest absolute Gasteiger partial charge is 0.309 e. The third-order valence-electron chi connectivity index (χ3n) is 3.50. The van der Waals surface area contributed by atoms with Crippen LogP contribution in [0.15, 0.2) is 24.3 Å². The summed E-state index contributed by atoms with van der Waals surface area (Å²) in [5.41, 5.74) is -0.302. The van der Waals surface area contributed by atoms with Gasteiger partial charge >= 0.3 is 5.97 Å². The molecule has 0 aliphatic heterocycles. The number of carboxylic acids is 1. The Kier molecular flexibility index (Phi) is 4.87. The lowest BCUT2D eigenvalue weighted by atomic mass is 9.88. The van der Waals surface area contributed by atoms with Crippen LogP contribution in [0.5, 0.6) is 0 Å². The lowest BCUT2D eigenvalue weighted by Crippen LogP contribution is -2.36. The van der Waals surface area contributed by atoms with Gasteiger partial charge in [0.05, 0.1) is 11.5 Å². The molecule has 0 saturated heterocycles. The topological polar surface area (TPSA) is 57.6 Å². The maximum Gasteiger partial charge on any atom is 0.309 e. The SMILES string of the molecule is CC(c1ccc(F)cc1)N(C)C(=O)CC(C)(C)C(=O)O. The normalized spacial score (nSPS) is 12.8. The van der Waals surface area contributed by atoms with Crippen LogP contribution >= 0.6 is 0 Å². The van der Waals surface area contributed by atoms with Crippen LogP contribution in [0.4, 0.5) is 4.39 Å². The highest BCUT2D eigenvalue weighted by Crippen LogP contribution is 2.25. The number of rotatable bonds is 5. The van der Waals surface area contributed by atoms with Crippen molar-refractivity contribution >= 4 is 11.9 Å². The Hall–Kier alpha value is -1.91. The lowest BCUT2D eigenvalue weighted by molar-refractivity contribution is -0.151. The molecular formula is C15H20FNO3. The molecule has 0 radical (unpaired) electrons. The second kappa shape index (κ2) is 6.03. The van der Waals surface area contributed by atoms with Gasteiger partial charge < -0.3 is 10.0 Å². The molecule has 1 unspecified atom stereocenters. The fraction of sp³-hybridized carbons (Fsp3) is 0.467. The van der Waals surface area contributed by atoms with Crippen molar-refractivity contribution in [1.82, 2.24) is 4.90 Å². The molecule has 0 spiro atoms. The third-order valence-corrected chi connectivity index (χ3v) is 3.50. The van der Waals surface area contributed by atoms with E-state index < -0.39 is 11.4 Å². The van der Waals surface area contributed by atoms with E-state index in [9.17, 15) is 14.0 Å². The van der Waals surface area contributed by atoms with Gasteiger partial charge in [-0.15, -0.1) is 0 Å². The highest BCUT2D eigenvalue weighted by atomic mass is 19.1. The Balaban J connectivity index is 2.78. The Labute approximate surface area is 118 Å². The molecular weight excluding hydrogens is 261 g/mol. The summed E-state index contributed by atoms with van der Waals surface area (Å²) in [6.45, 7) is 4.85. The van der Waals surface area contributed by atoms with Gasteiger partial charge in [-0.3, -0.25) is 9.59 Å². The molecule has 0 aromatic heterocycles. The first-order valence-corrected chi connectivity index (χ1v) is 6.39. The largest absolute Gasteiger partial charge is 0.481 e. The highest BCUT2D eigenvalue weighted by molar-refractivity contribution is 5.84. The summed E-state index contributed by atoms with van der Waals surface area (Å²) in [4.78, 5) is 24.7. The predicted molar refractivity (Wildman–Crippen MR) is 73.6 cm³/mol. The van der Waals surface area contributed by atoms with Crippen molar-refractivity contribution < 1.29 is 19.1 Å². The zero-order valence-corrected chi connectivity index (χ0v) is 12.2. The maximum atomic E-state index is 12.9. The standard InChI is InChI=1S/C15H20FNO3/c1-10(11-5-7-12(16)8-6-11)17(4)13(18)9-15(2,3)14(19)20/h5-8,10H,9H2,1-4H3,(H,19,20). The monoisotopic (exact) mass is 281 g/mol. The Morgan fingerprint density at radius 1 is 1.30 bits per heavy atom. The van der Waals surface area contributed by atoms with E-state index in [1.807, 2.05) is 6.92 Å². The Morgan fingerprint density at radius 3 is 2.25 bits per heavy atom. The van der Waals surface area contributed by atoms with E-state index in [4.69, 9.17) is 5.11 Å². The quantitative estimate of drug-likeness (QED) is 0.903. The van der Waals surface area contributed by atoms with Crippen LogP contribution in [0.2, 0.25) is 0 Å². The van der Waals surface area contributed by atoms with E-state index >= 15 is 0 Å². The number of hydrogen-bond donors (Lipinski definition) is 1. The number of aliphatic carboxylic acids is 1. The van der Waals surface area contributed by atoms with Gasteiger partial charge in [0.25, 0.3) is 0 Å². The molecule has 0 fully saturated rings. The van der Waals surface area contributed by atoms with Crippen LogP contribution in [-0.2, 0) is 9.59 Å². The van der Waals surface area contributed by atoms with Gasteiger partial charge in [0.1, 0.15) is 5.82 Å². The summed E-state index contributed by atoms with van der Waals surface area (Å²) < 4.78 is 12.9. The first kappa shape index (κ1) is 16.1. The van der Waals surface area contributed by atoms with Gasteiger partial charge in [0.2, 0.25) is 5.91 Å². The molecule has 0 aliphatic carbocycles. The van der Waals surface area contributed by atoms with E-state index in [1.165, 1.54) is 30.9 Å². The first-order chi connectivity index (χ1) is 9.15. The number of halogens is 1. The molecule has 1 aromatic carbocycles. The van der Waals surface area contributed by atoms with E-state index in [1.54, 1.807) is 19.2 Å². The fourth-order valence-corrected chi connectivity index (χ4v) is 1.76. The number of nitrogens with zero attached hydrogens (tertiary/aromatic N) is 1. The molecule has 1 aromatic rings. The molecule has 0 bridgehead atoms. The molecule has 110 valence electrons. The van der Waals surface area contributed by atoms with Crippen molar-refractivity contribution in [3.63, 3.8) is 0 Å². The molecule has 0 heterocycles. The first-order valence-electron chi connectivity index (χ1n) is 6.39. The van der Waals surface area contributed by atoms with Crippen LogP contribution in [0.1, 0.15) is 38.8 Å². The average molecular weight is 281 g/mol. The molecule has 0 saturated carbocycles. The minimum atomic E-state index is -1.10. The van der Waals surface area contributed by atoms with E-state index in [-0.39, 0.29) is 24.2 Å². The summed E-state index contributed by atoms with van der Waals surface area (Å²) >= 11 is 0. The summed E-state index contributed by atoms with van der Waals surface area (Å²) in [6.07, 6.45) is -0.0790. The van der Waals surface area contributed by atoms with E-state index in [0.717, 1.165) is 5.56 Å². The van der Waals surface area contributed by atoms with Crippen LogP contribution < -0.4 is 0 Å². The van der Waals surface area contributed by atoms with E-state index in [0.29, 0.717) is 0 Å². The molecule has 0 aliphatic rings. The van der Waals surface area contributed by atoms with Crippen LogP contribution in [0.3, 0.4) is 0 Å². The number of carbonyl (C=O) groups is 2. The van der Waals surface area contributed by atoms with Crippen LogP contribution in [-0.4, -0.2) is 28.9 Å². The maximum absolute atomic E-state index is 12.9. The van der Waals surface area contributed by atoms with Gasteiger partial charge in [0, 0.05) is 13.5 Å².